The summed E-state index contributed by atoms with van der Waals surface area (Å²) in [4.78, 5) is 23.9. The van der Waals surface area contributed by atoms with Crippen molar-refractivity contribution >= 4 is 22.3 Å². The van der Waals surface area contributed by atoms with Crippen molar-refractivity contribution in [2.45, 2.75) is 45.8 Å². The van der Waals surface area contributed by atoms with Crippen molar-refractivity contribution in [3.05, 3.63) is 35.9 Å². The van der Waals surface area contributed by atoms with Crippen molar-refractivity contribution in [1.82, 2.24) is 8.61 Å². The van der Waals surface area contributed by atoms with Gasteiger partial charge >= 0.3 is 22.3 Å². The normalized spacial score (nSPS) is 18.7. The van der Waals surface area contributed by atoms with Crippen molar-refractivity contribution in [2.75, 3.05) is 13.1 Å². The number of hydrogen-bond donors (Lipinski definition) is 1. The molecule has 0 saturated carbocycles. The molecule has 1 saturated heterocycles. The molecule has 0 aliphatic carbocycles. The minimum Gasteiger partial charge on any atom is -0.481 e. The molecule has 1 aliphatic heterocycles. The Morgan fingerprint density at radius 2 is 1.89 bits per heavy atom. The Balaban J connectivity index is 2.32. The van der Waals surface area contributed by atoms with Crippen molar-refractivity contribution < 1.29 is 27.9 Å². The van der Waals surface area contributed by atoms with E-state index in [1.54, 1.807) is 51.1 Å². The maximum absolute atomic E-state index is 13.1. The summed E-state index contributed by atoms with van der Waals surface area (Å²) in [5, 5.41) is 9.23. The van der Waals surface area contributed by atoms with Crippen molar-refractivity contribution in [3.63, 3.8) is 0 Å². The van der Waals surface area contributed by atoms with E-state index in [9.17, 15) is 23.1 Å². The lowest BCUT2D eigenvalue weighted by Crippen LogP contribution is -2.51. The third kappa shape index (κ3) is 5.67. The third-order valence-electron chi connectivity index (χ3n) is 4.10. The molecule has 0 bridgehead atoms. The molecule has 1 fully saturated rings. The highest BCUT2D eigenvalue weighted by molar-refractivity contribution is 7.87. The molecule has 0 radical (unpaired) electrons. The quantitative estimate of drug-likeness (QED) is 0.817. The second-order valence-electron chi connectivity index (χ2n) is 7.52. The van der Waals surface area contributed by atoms with Crippen LogP contribution in [0.5, 0.6) is 0 Å². The van der Waals surface area contributed by atoms with E-state index in [4.69, 9.17) is 4.74 Å². The smallest absolute Gasteiger partial charge is 0.425 e. The van der Waals surface area contributed by atoms with Gasteiger partial charge in [-0.15, -0.1) is 0 Å². The van der Waals surface area contributed by atoms with Gasteiger partial charge in [0.15, 0.2) is 0 Å². The van der Waals surface area contributed by atoms with Crippen LogP contribution in [0.25, 0.3) is 0 Å². The minimum absolute atomic E-state index is 0.161. The number of nitrogens with zero attached hydrogens (tertiary/aromatic N) is 2. The third-order valence-corrected chi connectivity index (χ3v) is 5.92. The summed E-state index contributed by atoms with van der Waals surface area (Å²) in [7, 11) is -4.23. The van der Waals surface area contributed by atoms with Gasteiger partial charge in [-0.2, -0.15) is 17.0 Å². The second kappa shape index (κ2) is 8.26. The van der Waals surface area contributed by atoms with Crippen LogP contribution >= 0.6 is 0 Å². The molecule has 1 atom stereocenters. The zero-order chi connectivity index (χ0) is 20.2. The van der Waals surface area contributed by atoms with Crippen LogP contribution in [0.2, 0.25) is 0 Å². The number of ether oxygens (including phenoxy) is 1. The van der Waals surface area contributed by atoms with Gasteiger partial charge in [0.2, 0.25) is 0 Å². The first-order chi connectivity index (χ1) is 12.5. The number of carbonyl (C=O) groups excluding carboxylic acids is 1. The average molecular weight is 398 g/mol. The van der Waals surface area contributed by atoms with Crippen LogP contribution in [0.4, 0.5) is 4.79 Å². The van der Waals surface area contributed by atoms with Gasteiger partial charge in [0.1, 0.15) is 5.60 Å². The molecule has 0 unspecified atom stereocenters. The van der Waals surface area contributed by atoms with Gasteiger partial charge < -0.3 is 9.84 Å². The minimum atomic E-state index is -4.23. The molecule has 1 aromatic rings. The van der Waals surface area contributed by atoms with E-state index in [0.29, 0.717) is 22.7 Å². The van der Waals surface area contributed by atoms with E-state index in [-0.39, 0.29) is 19.6 Å². The molecule has 1 aliphatic rings. The van der Waals surface area contributed by atoms with Gasteiger partial charge in [0.05, 0.1) is 12.5 Å². The summed E-state index contributed by atoms with van der Waals surface area (Å²) in [5.41, 5.74) is -0.244. The monoisotopic (exact) mass is 398 g/mol. The fourth-order valence-electron chi connectivity index (χ4n) is 2.80. The molecule has 27 heavy (non-hydrogen) atoms. The average Bonchev–Trinajstić information content (AvgIpc) is 2.59. The Hall–Kier alpha value is -2.13. The van der Waals surface area contributed by atoms with Crippen LogP contribution in [-0.2, 0) is 26.3 Å². The van der Waals surface area contributed by atoms with E-state index in [1.807, 2.05) is 0 Å². The van der Waals surface area contributed by atoms with Crippen LogP contribution in [-0.4, -0.2) is 52.9 Å². The summed E-state index contributed by atoms with van der Waals surface area (Å²) in [5.74, 6) is -1.83. The van der Waals surface area contributed by atoms with E-state index in [0.717, 1.165) is 4.31 Å². The predicted octanol–water partition coefficient (Wildman–Crippen LogP) is 2.47. The zero-order valence-electron chi connectivity index (χ0n) is 15.8. The molecule has 150 valence electrons. The van der Waals surface area contributed by atoms with Crippen LogP contribution in [0.15, 0.2) is 30.3 Å². The van der Waals surface area contributed by atoms with Crippen LogP contribution in [0, 0.1) is 5.92 Å². The molecular formula is C18H26N2O6S. The predicted molar refractivity (Wildman–Crippen MR) is 99.1 cm³/mol. The van der Waals surface area contributed by atoms with Gasteiger partial charge in [0.25, 0.3) is 0 Å². The maximum atomic E-state index is 13.1. The maximum Gasteiger partial charge on any atom is 0.425 e. The van der Waals surface area contributed by atoms with Crippen molar-refractivity contribution in [1.29, 1.82) is 0 Å². The van der Waals surface area contributed by atoms with Gasteiger partial charge in [-0.1, -0.05) is 30.3 Å². The molecule has 0 spiro atoms. The van der Waals surface area contributed by atoms with Gasteiger partial charge in [0, 0.05) is 13.1 Å². The standard InChI is InChI=1S/C18H26N2O6S/c1-18(2,3)26-17(23)20(12-14-8-5-4-6-9-14)27(24,25)19-11-7-10-15(13-19)16(21)22/h4-6,8-9,15H,7,10-13H2,1-3H3,(H,21,22)/t15-/m0/s1. The van der Waals surface area contributed by atoms with Crippen LogP contribution < -0.4 is 0 Å². The number of amides is 1. The molecule has 1 amide bonds. The van der Waals surface area contributed by atoms with Gasteiger partial charge in [-0.3, -0.25) is 4.79 Å². The molecule has 0 aromatic heterocycles. The molecule has 1 aromatic carbocycles. The lowest BCUT2D eigenvalue weighted by molar-refractivity contribution is -0.142. The number of aliphatic carboxylic acids is 1. The highest BCUT2D eigenvalue weighted by atomic mass is 32.2. The zero-order valence-corrected chi connectivity index (χ0v) is 16.6. The SMILES string of the molecule is CC(C)(C)OC(=O)N(Cc1ccccc1)S(=O)(=O)N1CCC[C@H](C(=O)O)C1. The Labute approximate surface area is 159 Å². The molecular weight excluding hydrogens is 372 g/mol. The Bertz CT molecular complexity index is 773. The number of carboxylic acids is 1. The summed E-state index contributed by atoms with van der Waals surface area (Å²) in [6.45, 7) is 4.77. The molecule has 1 heterocycles. The lowest BCUT2D eigenvalue weighted by atomic mass is 10.0. The van der Waals surface area contributed by atoms with Crippen molar-refractivity contribution in [3.8, 4) is 0 Å². The first-order valence-corrected chi connectivity index (χ1v) is 10.2. The van der Waals surface area contributed by atoms with E-state index < -0.39 is 33.8 Å². The number of carboxylic acid groups (broad SMARTS) is 1. The fraction of sp³-hybridized carbons (Fsp3) is 0.556. The molecule has 2 rings (SSSR count). The lowest BCUT2D eigenvalue weighted by Gasteiger charge is -2.35. The number of benzene rings is 1. The highest BCUT2D eigenvalue weighted by Crippen LogP contribution is 2.24. The molecule has 9 heteroatoms. The largest absolute Gasteiger partial charge is 0.481 e. The number of piperidine rings is 1. The summed E-state index contributed by atoms with van der Waals surface area (Å²) < 4.78 is 33.3. The number of hydrogen-bond acceptors (Lipinski definition) is 5. The van der Waals surface area contributed by atoms with Gasteiger partial charge in [-0.25, -0.2) is 4.79 Å². The topological polar surface area (TPSA) is 104 Å². The first-order valence-electron chi connectivity index (χ1n) is 8.78. The number of rotatable bonds is 5. The Morgan fingerprint density at radius 3 is 2.44 bits per heavy atom. The fourth-order valence-corrected chi connectivity index (χ4v) is 4.34. The Kier molecular flexibility index (Phi) is 6.48. The summed E-state index contributed by atoms with van der Waals surface area (Å²) >= 11 is 0. The summed E-state index contributed by atoms with van der Waals surface area (Å²) in [6.07, 6.45) is -0.153. The van der Waals surface area contributed by atoms with E-state index >= 15 is 0 Å². The highest BCUT2D eigenvalue weighted by Gasteiger charge is 2.39. The second-order valence-corrected chi connectivity index (χ2v) is 9.37. The van der Waals surface area contributed by atoms with E-state index in [2.05, 4.69) is 0 Å². The van der Waals surface area contributed by atoms with Gasteiger partial charge in [-0.05, 0) is 39.2 Å². The molecule has 8 nitrogen and oxygen atoms in total. The number of carbonyl (C=O) groups is 2. The summed E-state index contributed by atoms with van der Waals surface area (Å²) in [6, 6.07) is 8.71. The van der Waals surface area contributed by atoms with Crippen molar-refractivity contribution in [2.24, 2.45) is 5.92 Å². The van der Waals surface area contributed by atoms with Crippen LogP contribution in [0.3, 0.4) is 0 Å². The Morgan fingerprint density at radius 1 is 1.26 bits per heavy atom. The van der Waals surface area contributed by atoms with E-state index in [1.165, 1.54) is 0 Å². The van der Waals surface area contributed by atoms with Crippen LogP contribution in [0.1, 0.15) is 39.2 Å². The molecule has 1 N–H and O–H groups in total. The first kappa shape index (κ1) is 21.2.